The van der Waals surface area contributed by atoms with E-state index in [1.807, 2.05) is 58.1 Å². The van der Waals surface area contributed by atoms with Crippen molar-refractivity contribution in [2.24, 2.45) is 17.8 Å². The minimum atomic E-state index is 0.787. The second kappa shape index (κ2) is 54.7. The van der Waals surface area contributed by atoms with Gasteiger partial charge in [-0.3, -0.25) is 0 Å². The van der Waals surface area contributed by atoms with Crippen molar-refractivity contribution in [2.45, 2.75) is 287 Å². The highest BCUT2D eigenvalue weighted by Gasteiger charge is 2.18. The molecule has 5 aliphatic rings. The Kier molecular flexibility index (Phi) is 54.2. The van der Waals surface area contributed by atoms with Gasteiger partial charge < -0.3 is 0 Å². The van der Waals surface area contributed by atoms with E-state index in [0.29, 0.717) is 0 Å². The molecule has 0 nitrogen and oxygen atoms in total. The second-order valence-electron chi connectivity index (χ2n) is 24.6. The summed E-state index contributed by atoms with van der Waals surface area (Å²) in [4.78, 5) is 0. The monoisotopic (exact) mass is 1150 g/mol. The summed E-state index contributed by atoms with van der Waals surface area (Å²) in [7, 11) is 0. The maximum Gasteiger partial charge on any atom is -0.0184 e. The molecule has 0 aliphatic heterocycles. The van der Waals surface area contributed by atoms with Crippen LogP contribution in [0.5, 0.6) is 0 Å². The van der Waals surface area contributed by atoms with Crippen molar-refractivity contribution in [3.8, 4) is 0 Å². The Morgan fingerprint density at radius 2 is 1.01 bits per heavy atom. The fraction of sp³-hybridized carbons (Fsp3) is 0.548. The van der Waals surface area contributed by atoms with Crippen LogP contribution in [0.2, 0.25) is 0 Å². The maximum absolute atomic E-state index is 3.48. The van der Waals surface area contributed by atoms with Gasteiger partial charge in [-0.25, -0.2) is 0 Å². The first kappa shape index (κ1) is 83.3. The fourth-order valence-electron chi connectivity index (χ4n) is 9.54. The third kappa shape index (κ3) is 44.5. The van der Waals surface area contributed by atoms with Gasteiger partial charge in [-0.15, -0.1) is 6.58 Å². The lowest BCUT2D eigenvalue weighted by Gasteiger charge is -2.24. The Morgan fingerprint density at radius 1 is 0.500 bits per heavy atom. The zero-order valence-electron chi connectivity index (χ0n) is 59.9. The van der Waals surface area contributed by atoms with Crippen LogP contribution >= 0.6 is 0 Å². The van der Waals surface area contributed by atoms with Crippen LogP contribution < -0.4 is 0 Å². The molecule has 0 amide bonds. The molecule has 472 valence electrons. The molecule has 4 aromatic carbocycles. The van der Waals surface area contributed by atoms with Gasteiger partial charge in [0.15, 0.2) is 0 Å². The molecule has 4 aromatic rings. The van der Waals surface area contributed by atoms with Crippen LogP contribution in [0.15, 0.2) is 174 Å². The third-order valence-corrected chi connectivity index (χ3v) is 16.4. The summed E-state index contributed by atoms with van der Waals surface area (Å²) in [5.74, 6) is 4.25. The van der Waals surface area contributed by atoms with Gasteiger partial charge >= 0.3 is 0 Å². The highest BCUT2D eigenvalue weighted by molar-refractivity contribution is 5.38. The third-order valence-electron chi connectivity index (χ3n) is 16.4. The van der Waals surface area contributed by atoms with E-state index in [1.54, 1.807) is 44.5 Å². The normalized spacial score (nSPS) is 18.5. The van der Waals surface area contributed by atoms with Crippen LogP contribution in [0.4, 0.5) is 0 Å². The van der Waals surface area contributed by atoms with Crippen LogP contribution in [-0.4, -0.2) is 0 Å². The van der Waals surface area contributed by atoms with E-state index in [0.717, 1.165) is 36.0 Å². The predicted octanol–water partition coefficient (Wildman–Crippen LogP) is 28.0. The zero-order valence-corrected chi connectivity index (χ0v) is 59.9. The van der Waals surface area contributed by atoms with Crippen LogP contribution in [0.1, 0.15) is 290 Å². The molecule has 0 heteroatoms. The molecule has 0 heterocycles. The van der Waals surface area contributed by atoms with Gasteiger partial charge in [0.1, 0.15) is 0 Å². The lowest BCUT2D eigenvalue weighted by molar-refractivity contribution is 0.514. The van der Waals surface area contributed by atoms with Crippen molar-refractivity contribution in [1.82, 2.24) is 0 Å². The first-order valence-corrected chi connectivity index (χ1v) is 33.6. The molecule has 0 spiro atoms. The van der Waals surface area contributed by atoms with Crippen LogP contribution in [-0.2, 0) is 12.8 Å². The topological polar surface area (TPSA) is 0 Å². The number of aryl methyl sites for hydroxylation is 7. The highest BCUT2D eigenvalue weighted by Crippen LogP contribution is 2.34. The number of rotatable bonds is 3. The molecule has 5 atom stereocenters. The van der Waals surface area contributed by atoms with Crippen molar-refractivity contribution < 1.29 is 0 Å². The standard InChI is InChI=1S/C12H16.C10H12.2C8H14.C8H10.C8H14.C8H10.C6H12.C4H10.3C4H8/c1-9-5-3-7-11-8-4-6-10(2)12(9)11;1-8-6-7-9-4-2-3-5-10(8)9;1-6-4-5-7(2)8(6)3;2*1-7-3-5-8(2)6-4-7;2*1-7-4-3-5-8(2)6-7;1-4-6(3)5-2;4*1-3-4-2/h3,5,7,10H,4,6,8H2,1-2H3;2-5,8H,6-7H2,1H3;6H,4-5H2,1-3H3;3,8H,4-6H2,1-2H3;3-6H,1-2H3;6-7H,3-5H2,1-2H3;3-6H,1-2H3;4H,5H2,1-3H3;3-4H2,1-2H3;2*3-4H,1-2H3;3H,1,4H2,2H3/b;;;;;;;6-4+;;4-3+;4-3-;. The molecule has 5 aliphatic carbocycles. The summed E-state index contributed by atoms with van der Waals surface area (Å²) in [6.45, 7) is 55.5. The highest BCUT2D eigenvalue weighted by atomic mass is 14.2. The average Bonchev–Trinajstić information content (AvgIpc) is 4.12. The minimum absolute atomic E-state index is 0.787. The average molecular weight is 1150 g/mol. The fourth-order valence-corrected chi connectivity index (χ4v) is 9.54. The summed E-state index contributed by atoms with van der Waals surface area (Å²) < 4.78 is 0. The Hall–Kier alpha value is -4.94. The van der Waals surface area contributed by atoms with Crippen LogP contribution in [0.3, 0.4) is 0 Å². The zero-order chi connectivity index (χ0) is 64.3. The van der Waals surface area contributed by atoms with E-state index in [1.165, 1.54) is 136 Å². The lowest BCUT2D eigenvalue weighted by Crippen LogP contribution is -2.08. The number of unbranched alkanes of at least 4 members (excludes halogenated alkanes) is 1. The molecular weight excluding hydrogens is 1010 g/mol. The SMILES string of the molecule is C/C=C(\C)CC.C/C=C/C.C/C=C\C.C=CCC.CC1=C(C)C(C)CC1.CC1=CC(C)CCC1.CC1=CCC(C)CC1.CC1CCc2ccccc21.CCCC.Cc1ccc(C)cc1.Cc1cccc(C)c1.Cc1cccc2c1C(C)CCC2. The van der Waals surface area contributed by atoms with E-state index < -0.39 is 0 Å². The van der Waals surface area contributed by atoms with Crippen LogP contribution in [0, 0.1) is 52.4 Å². The molecular formula is C84H136. The quantitative estimate of drug-likeness (QED) is 0.179. The lowest BCUT2D eigenvalue weighted by atomic mass is 9.82. The first-order valence-electron chi connectivity index (χ1n) is 33.6. The molecule has 0 radical (unpaired) electrons. The molecule has 0 bridgehead atoms. The van der Waals surface area contributed by atoms with Gasteiger partial charge in [-0.1, -0.05) is 265 Å². The summed E-state index contributed by atoms with van der Waals surface area (Å²) in [6.07, 6.45) is 39.3. The smallest absolute Gasteiger partial charge is 0.0184 e. The van der Waals surface area contributed by atoms with Crippen molar-refractivity contribution in [1.29, 1.82) is 0 Å². The Bertz CT molecular complexity index is 2340. The Morgan fingerprint density at radius 3 is 1.35 bits per heavy atom. The molecule has 0 fully saturated rings. The first-order chi connectivity index (χ1) is 40.0. The Balaban J connectivity index is -0.000000866. The predicted molar refractivity (Wildman–Crippen MR) is 390 cm³/mol. The largest absolute Gasteiger partial charge is 0.103 e. The number of hydrogen-bond donors (Lipinski definition) is 0. The van der Waals surface area contributed by atoms with E-state index >= 15 is 0 Å². The van der Waals surface area contributed by atoms with Crippen molar-refractivity contribution in [3.63, 3.8) is 0 Å². The van der Waals surface area contributed by atoms with Gasteiger partial charge in [-0.05, 0) is 258 Å². The molecule has 5 unspecified atom stereocenters. The van der Waals surface area contributed by atoms with Gasteiger partial charge in [-0.2, -0.15) is 0 Å². The van der Waals surface area contributed by atoms with E-state index in [-0.39, 0.29) is 0 Å². The molecule has 9 rings (SSSR count). The van der Waals surface area contributed by atoms with Crippen molar-refractivity contribution >= 4 is 0 Å². The van der Waals surface area contributed by atoms with E-state index in [2.05, 4.69) is 254 Å². The summed E-state index contributed by atoms with van der Waals surface area (Å²) in [5.41, 5.74) is 21.1. The van der Waals surface area contributed by atoms with Gasteiger partial charge in [0.05, 0.1) is 0 Å². The maximum atomic E-state index is 3.48. The van der Waals surface area contributed by atoms with Gasteiger partial charge in [0.25, 0.3) is 0 Å². The van der Waals surface area contributed by atoms with Gasteiger partial charge in [0, 0.05) is 0 Å². The number of benzene rings is 4. The number of allylic oxidation sites excluding steroid dienone is 13. The summed E-state index contributed by atoms with van der Waals surface area (Å²) >= 11 is 0. The number of fused-ring (bicyclic) bond motifs is 2. The second-order valence-corrected chi connectivity index (χ2v) is 24.6. The Labute approximate surface area is 526 Å². The number of hydrogen-bond acceptors (Lipinski definition) is 0. The van der Waals surface area contributed by atoms with E-state index in [9.17, 15) is 0 Å². The molecule has 84 heavy (non-hydrogen) atoms. The molecule has 0 saturated heterocycles. The van der Waals surface area contributed by atoms with Crippen LogP contribution in [0.25, 0.3) is 0 Å². The minimum Gasteiger partial charge on any atom is -0.103 e. The van der Waals surface area contributed by atoms with Crippen molar-refractivity contribution in [3.05, 3.63) is 224 Å². The molecule has 0 N–H and O–H groups in total. The van der Waals surface area contributed by atoms with Gasteiger partial charge in [0.2, 0.25) is 0 Å². The van der Waals surface area contributed by atoms with E-state index in [4.69, 9.17) is 0 Å². The summed E-state index contributed by atoms with van der Waals surface area (Å²) in [5, 5.41) is 0. The van der Waals surface area contributed by atoms with Crippen molar-refractivity contribution in [2.75, 3.05) is 0 Å². The summed E-state index contributed by atoms with van der Waals surface area (Å²) in [6, 6.07) is 32.4. The molecule has 0 saturated carbocycles. The molecule has 0 aromatic heterocycles.